The number of rotatable bonds is 10. The number of carbonyl (C=O) groups excluding carboxylic acids is 1. The number of ether oxygens (including phenoxy) is 1. The molecule has 2 N–H and O–H groups in total. The molecule has 1 rings (SSSR count). The van der Waals surface area contributed by atoms with Gasteiger partial charge in [0.05, 0.1) is 6.61 Å². The third kappa shape index (κ3) is 10.5. The SMILES string of the molecule is COCCNCCNC(=O)CCCC1CCCCC1.Cl. The van der Waals surface area contributed by atoms with E-state index in [4.69, 9.17) is 4.74 Å². The van der Waals surface area contributed by atoms with Crippen LogP contribution >= 0.6 is 12.4 Å². The zero-order valence-electron chi connectivity index (χ0n) is 12.8. The van der Waals surface area contributed by atoms with Crippen molar-refractivity contribution in [3.05, 3.63) is 0 Å². The van der Waals surface area contributed by atoms with Crippen LogP contribution in [0.1, 0.15) is 51.4 Å². The topological polar surface area (TPSA) is 50.4 Å². The van der Waals surface area contributed by atoms with Gasteiger partial charge >= 0.3 is 0 Å². The van der Waals surface area contributed by atoms with Crippen molar-refractivity contribution >= 4 is 18.3 Å². The standard InChI is InChI=1S/C15H30N2O2.ClH/c1-19-13-12-16-10-11-17-15(18)9-5-8-14-6-3-2-4-7-14;/h14,16H,2-13H2,1H3,(H,17,18);1H. The van der Waals surface area contributed by atoms with Crippen LogP contribution in [-0.4, -0.2) is 39.3 Å². The Morgan fingerprint density at radius 3 is 2.60 bits per heavy atom. The summed E-state index contributed by atoms with van der Waals surface area (Å²) >= 11 is 0. The van der Waals surface area contributed by atoms with Crippen molar-refractivity contribution in [2.75, 3.05) is 33.4 Å². The Hall–Kier alpha value is -0.320. The van der Waals surface area contributed by atoms with Crippen LogP contribution in [0.3, 0.4) is 0 Å². The second-order valence-electron chi connectivity index (χ2n) is 5.49. The molecule has 5 heteroatoms. The third-order valence-corrected chi connectivity index (χ3v) is 3.85. The van der Waals surface area contributed by atoms with Gasteiger partial charge in [0.2, 0.25) is 5.91 Å². The maximum atomic E-state index is 11.6. The van der Waals surface area contributed by atoms with Crippen LogP contribution in [-0.2, 0) is 9.53 Å². The minimum atomic E-state index is 0. The lowest BCUT2D eigenvalue weighted by molar-refractivity contribution is -0.121. The Bertz CT molecular complexity index is 234. The molecule has 1 aliphatic rings. The molecule has 1 amide bonds. The smallest absolute Gasteiger partial charge is 0.220 e. The summed E-state index contributed by atoms with van der Waals surface area (Å²) in [6.45, 7) is 3.09. The zero-order valence-corrected chi connectivity index (χ0v) is 13.6. The first-order valence-electron chi connectivity index (χ1n) is 7.79. The lowest BCUT2D eigenvalue weighted by Crippen LogP contribution is -2.32. The number of hydrogen-bond acceptors (Lipinski definition) is 3. The van der Waals surface area contributed by atoms with E-state index in [0.717, 1.165) is 32.0 Å². The molecule has 0 heterocycles. The number of nitrogens with one attached hydrogen (secondary N) is 2. The van der Waals surface area contributed by atoms with Crippen molar-refractivity contribution in [1.29, 1.82) is 0 Å². The fourth-order valence-electron chi connectivity index (χ4n) is 2.71. The predicted molar refractivity (Wildman–Crippen MR) is 85.4 cm³/mol. The van der Waals surface area contributed by atoms with Gasteiger partial charge in [0, 0.05) is 33.2 Å². The predicted octanol–water partition coefficient (Wildman–Crippen LogP) is 2.51. The Labute approximate surface area is 129 Å². The molecule has 0 aromatic heterocycles. The van der Waals surface area contributed by atoms with Gasteiger partial charge in [-0.05, 0) is 18.8 Å². The third-order valence-electron chi connectivity index (χ3n) is 3.85. The highest BCUT2D eigenvalue weighted by atomic mass is 35.5. The van der Waals surface area contributed by atoms with E-state index in [1.54, 1.807) is 7.11 Å². The number of methoxy groups -OCH3 is 1. The molecule has 0 saturated heterocycles. The monoisotopic (exact) mass is 306 g/mol. The molecular formula is C15H31ClN2O2. The molecule has 0 spiro atoms. The molecule has 0 radical (unpaired) electrons. The van der Waals surface area contributed by atoms with Crippen molar-refractivity contribution < 1.29 is 9.53 Å². The first-order chi connectivity index (χ1) is 9.33. The van der Waals surface area contributed by atoms with E-state index in [0.29, 0.717) is 13.0 Å². The van der Waals surface area contributed by atoms with E-state index in [1.807, 2.05) is 0 Å². The van der Waals surface area contributed by atoms with Crippen LogP contribution in [0, 0.1) is 5.92 Å². The van der Waals surface area contributed by atoms with Gasteiger partial charge in [0.25, 0.3) is 0 Å². The van der Waals surface area contributed by atoms with E-state index in [-0.39, 0.29) is 18.3 Å². The lowest BCUT2D eigenvalue weighted by atomic mass is 9.86. The Morgan fingerprint density at radius 1 is 1.15 bits per heavy atom. The highest BCUT2D eigenvalue weighted by Crippen LogP contribution is 2.27. The van der Waals surface area contributed by atoms with Gasteiger partial charge in [-0.25, -0.2) is 0 Å². The van der Waals surface area contributed by atoms with Gasteiger partial charge in [-0.3, -0.25) is 4.79 Å². The Balaban J connectivity index is 0.00000361. The zero-order chi connectivity index (χ0) is 13.8. The first-order valence-corrected chi connectivity index (χ1v) is 7.79. The maximum Gasteiger partial charge on any atom is 0.220 e. The van der Waals surface area contributed by atoms with Gasteiger partial charge in [0.15, 0.2) is 0 Å². The molecule has 20 heavy (non-hydrogen) atoms. The molecule has 1 saturated carbocycles. The second kappa shape index (κ2) is 13.7. The summed E-state index contributed by atoms with van der Waals surface area (Å²) in [5.41, 5.74) is 0. The molecule has 1 fully saturated rings. The van der Waals surface area contributed by atoms with Crippen LogP contribution in [0.2, 0.25) is 0 Å². The van der Waals surface area contributed by atoms with Crippen molar-refractivity contribution in [2.45, 2.75) is 51.4 Å². The fourth-order valence-corrected chi connectivity index (χ4v) is 2.71. The van der Waals surface area contributed by atoms with Crippen LogP contribution in [0.25, 0.3) is 0 Å². The van der Waals surface area contributed by atoms with Gasteiger partial charge in [-0.15, -0.1) is 12.4 Å². The highest BCUT2D eigenvalue weighted by molar-refractivity contribution is 5.85. The number of carbonyl (C=O) groups is 1. The van der Waals surface area contributed by atoms with Crippen LogP contribution in [0.4, 0.5) is 0 Å². The van der Waals surface area contributed by atoms with E-state index in [1.165, 1.54) is 38.5 Å². The lowest BCUT2D eigenvalue weighted by Gasteiger charge is -2.21. The van der Waals surface area contributed by atoms with Crippen molar-refractivity contribution in [1.82, 2.24) is 10.6 Å². The van der Waals surface area contributed by atoms with Crippen LogP contribution in [0.5, 0.6) is 0 Å². The summed E-state index contributed by atoms with van der Waals surface area (Å²) in [5, 5.41) is 6.16. The summed E-state index contributed by atoms with van der Waals surface area (Å²) in [6.07, 6.45) is 9.93. The molecule has 0 unspecified atom stereocenters. The Kier molecular flexibility index (Phi) is 13.4. The minimum Gasteiger partial charge on any atom is -0.383 e. The van der Waals surface area contributed by atoms with E-state index in [2.05, 4.69) is 10.6 Å². The largest absolute Gasteiger partial charge is 0.383 e. The quantitative estimate of drug-likeness (QED) is 0.610. The maximum absolute atomic E-state index is 11.6. The number of halogens is 1. The molecule has 0 aromatic carbocycles. The minimum absolute atomic E-state index is 0. The van der Waals surface area contributed by atoms with Gasteiger partial charge in [0.1, 0.15) is 0 Å². The summed E-state index contributed by atoms with van der Waals surface area (Å²) < 4.78 is 4.93. The summed E-state index contributed by atoms with van der Waals surface area (Å²) in [4.78, 5) is 11.6. The molecule has 4 nitrogen and oxygen atoms in total. The molecule has 0 bridgehead atoms. The fraction of sp³-hybridized carbons (Fsp3) is 0.933. The van der Waals surface area contributed by atoms with Gasteiger partial charge in [-0.1, -0.05) is 32.1 Å². The number of hydrogen-bond donors (Lipinski definition) is 2. The van der Waals surface area contributed by atoms with Gasteiger partial charge in [-0.2, -0.15) is 0 Å². The number of amides is 1. The van der Waals surface area contributed by atoms with Crippen molar-refractivity contribution in [3.8, 4) is 0 Å². The molecule has 120 valence electrons. The van der Waals surface area contributed by atoms with E-state index in [9.17, 15) is 4.79 Å². The summed E-state index contributed by atoms with van der Waals surface area (Å²) in [7, 11) is 1.69. The first kappa shape index (κ1) is 19.7. The molecule has 0 aromatic rings. The summed E-state index contributed by atoms with van der Waals surface area (Å²) in [5.74, 6) is 1.08. The molecule has 0 atom stereocenters. The van der Waals surface area contributed by atoms with Gasteiger partial charge < -0.3 is 15.4 Å². The molecule has 1 aliphatic carbocycles. The normalized spacial score (nSPS) is 15.7. The van der Waals surface area contributed by atoms with Crippen LogP contribution < -0.4 is 10.6 Å². The second-order valence-corrected chi connectivity index (χ2v) is 5.49. The van der Waals surface area contributed by atoms with Crippen molar-refractivity contribution in [2.24, 2.45) is 5.92 Å². The van der Waals surface area contributed by atoms with E-state index >= 15 is 0 Å². The average Bonchev–Trinajstić information content (AvgIpc) is 2.44. The van der Waals surface area contributed by atoms with Crippen molar-refractivity contribution in [3.63, 3.8) is 0 Å². The molecule has 0 aliphatic heterocycles. The average molecular weight is 307 g/mol. The summed E-state index contributed by atoms with van der Waals surface area (Å²) in [6, 6.07) is 0. The molecular weight excluding hydrogens is 276 g/mol. The highest BCUT2D eigenvalue weighted by Gasteiger charge is 2.13. The van der Waals surface area contributed by atoms with E-state index < -0.39 is 0 Å². The van der Waals surface area contributed by atoms with Crippen LogP contribution in [0.15, 0.2) is 0 Å². The Morgan fingerprint density at radius 2 is 1.90 bits per heavy atom.